The Morgan fingerprint density at radius 2 is 1.16 bits per heavy atom. The lowest BCUT2D eigenvalue weighted by Crippen LogP contribution is -2.51. The van der Waals surface area contributed by atoms with Gasteiger partial charge < -0.3 is 39.9 Å². The van der Waals surface area contributed by atoms with Crippen molar-refractivity contribution in [2.75, 3.05) is 33.1 Å². The van der Waals surface area contributed by atoms with Gasteiger partial charge in [0.15, 0.2) is 9.84 Å². The van der Waals surface area contributed by atoms with E-state index in [1.807, 2.05) is 62.4 Å². The number of hydrogen-bond donors (Lipinski definition) is 4. The van der Waals surface area contributed by atoms with Crippen LogP contribution in [0.5, 0.6) is 0 Å². The SMILES string of the molecule is COC(=O)N[C@@H](CS(=O)(=O)Cc1ccccc1)C(=O)N1CCC[C@H]1c1ncc(-c2ccc(-c3ccc(-c4cnc([C@@H]5CCCN5C(=O)[C@@H](NC(=O)OC)C(C)C)[nH]4)cc3)cc2)[nH]1. The standard InChI is InChI=1S/C45H52N8O8S/c1-28(2)39(51-45(57)61-4)43(55)53-23-9-13-38(53)41-47-25-35(49-41)33-20-16-31(17-21-33)30-14-18-32(19-15-30)34-24-46-40(48-34)37-12-8-22-52(37)42(54)36(50-44(56)60-3)27-62(58,59)26-29-10-6-5-7-11-29/h5-7,10-11,14-21,24-25,28,36-39H,8-9,12-13,22-23,26-27H2,1-4H3,(H,46,48)(H,47,49)(H,50,56)(H,51,57)/t36-,37-,38-,39-/m0/s1. The van der Waals surface area contributed by atoms with E-state index < -0.39 is 51.8 Å². The number of hydrogen-bond acceptors (Lipinski definition) is 10. The van der Waals surface area contributed by atoms with E-state index in [0.717, 1.165) is 53.6 Å². The molecule has 0 unspecified atom stereocenters. The van der Waals surface area contributed by atoms with Crippen LogP contribution in [-0.2, 0) is 34.7 Å². The maximum atomic E-state index is 13.9. The Morgan fingerprint density at radius 3 is 1.65 bits per heavy atom. The van der Waals surface area contributed by atoms with Crippen molar-refractivity contribution < 1.29 is 37.1 Å². The van der Waals surface area contributed by atoms with E-state index in [0.29, 0.717) is 43.1 Å². The Labute approximate surface area is 360 Å². The Hall–Kier alpha value is -6.49. The van der Waals surface area contributed by atoms with Gasteiger partial charge in [0.05, 0.1) is 61.6 Å². The van der Waals surface area contributed by atoms with Gasteiger partial charge in [-0.15, -0.1) is 0 Å². The average molecular weight is 865 g/mol. The van der Waals surface area contributed by atoms with Crippen molar-refractivity contribution in [2.45, 2.75) is 69.5 Å². The molecule has 2 fully saturated rings. The highest BCUT2D eigenvalue weighted by Crippen LogP contribution is 2.35. The highest BCUT2D eigenvalue weighted by Gasteiger charge is 2.39. The molecule has 5 aromatic rings. The molecule has 62 heavy (non-hydrogen) atoms. The zero-order valence-corrected chi connectivity index (χ0v) is 36.0. The fraction of sp³-hybridized carbons (Fsp3) is 0.378. The molecule has 4 N–H and O–H groups in total. The monoisotopic (exact) mass is 864 g/mol. The van der Waals surface area contributed by atoms with Crippen LogP contribution in [0.15, 0.2) is 91.3 Å². The fourth-order valence-corrected chi connectivity index (χ4v) is 9.77. The zero-order valence-electron chi connectivity index (χ0n) is 35.2. The minimum Gasteiger partial charge on any atom is -0.453 e. The summed E-state index contributed by atoms with van der Waals surface area (Å²) in [6.07, 6.45) is 4.85. The van der Waals surface area contributed by atoms with Gasteiger partial charge in [0.2, 0.25) is 11.8 Å². The molecule has 2 saturated heterocycles. The van der Waals surface area contributed by atoms with Crippen LogP contribution in [0.4, 0.5) is 9.59 Å². The third-order valence-electron chi connectivity index (χ3n) is 11.4. The number of methoxy groups -OCH3 is 2. The largest absolute Gasteiger partial charge is 0.453 e. The molecule has 16 nitrogen and oxygen atoms in total. The van der Waals surface area contributed by atoms with Crippen molar-refractivity contribution in [2.24, 2.45) is 5.92 Å². The van der Waals surface area contributed by atoms with Gasteiger partial charge in [0.1, 0.15) is 23.7 Å². The molecule has 4 heterocycles. The quantitative estimate of drug-likeness (QED) is 0.0997. The van der Waals surface area contributed by atoms with Crippen LogP contribution in [0, 0.1) is 5.92 Å². The van der Waals surface area contributed by atoms with Gasteiger partial charge in [-0.1, -0.05) is 92.7 Å². The van der Waals surface area contributed by atoms with Gasteiger partial charge in [0, 0.05) is 13.1 Å². The third kappa shape index (κ3) is 9.99. The summed E-state index contributed by atoms with van der Waals surface area (Å²) >= 11 is 0. The van der Waals surface area contributed by atoms with Crippen LogP contribution < -0.4 is 10.6 Å². The smallest absolute Gasteiger partial charge is 0.407 e. The van der Waals surface area contributed by atoms with Crippen LogP contribution in [-0.4, -0.2) is 107 Å². The number of nitrogens with zero attached hydrogens (tertiary/aromatic N) is 4. The van der Waals surface area contributed by atoms with Crippen LogP contribution in [0.3, 0.4) is 0 Å². The summed E-state index contributed by atoms with van der Waals surface area (Å²) in [5, 5.41) is 5.14. The number of imidazole rings is 2. The predicted molar refractivity (Wildman–Crippen MR) is 232 cm³/mol. The number of nitrogens with one attached hydrogen (secondary N) is 4. The summed E-state index contributed by atoms with van der Waals surface area (Å²) in [6, 6.07) is 22.1. The first-order valence-electron chi connectivity index (χ1n) is 20.7. The van der Waals surface area contributed by atoms with E-state index >= 15 is 0 Å². The highest BCUT2D eigenvalue weighted by atomic mass is 32.2. The summed E-state index contributed by atoms with van der Waals surface area (Å²) in [5.74, 6) is -0.385. The molecule has 2 aromatic heterocycles. The molecule has 7 rings (SSSR count). The van der Waals surface area contributed by atoms with Crippen molar-refractivity contribution in [3.63, 3.8) is 0 Å². The number of carbonyl (C=O) groups excluding carboxylic acids is 4. The minimum absolute atomic E-state index is 0.123. The Kier molecular flexibility index (Phi) is 13.4. The van der Waals surface area contributed by atoms with Gasteiger partial charge >= 0.3 is 12.2 Å². The van der Waals surface area contributed by atoms with Crippen LogP contribution >= 0.6 is 0 Å². The number of aromatic amines is 2. The molecule has 17 heteroatoms. The predicted octanol–water partition coefficient (Wildman–Crippen LogP) is 6.18. The molecule has 2 aliphatic rings. The maximum absolute atomic E-state index is 13.9. The second-order valence-electron chi connectivity index (χ2n) is 16.0. The molecular formula is C45H52N8O8S. The van der Waals surface area contributed by atoms with Gasteiger partial charge in [-0.2, -0.15) is 0 Å². The number of likely N-dealkylation sites (tertiary alicyclic amines) is 2. The van der Waals surface area contributed by atoms with Crippen LogP contribution in [0.1, 0.15) is 68.8 Å². The lowest BCUT2D eigenvalue weighted by atomic mass is 10.0. The van der Waals surface area contributed by atoms with E-state index in [1.165, 1.54) is 7.11 Å². The Bertz CT molecular complexity index is 2470. The highest BCUT2D eigenvalue weighted by molar-refractivity contribution is 7.90. The molecule has 0 saturated carbocycles. The summed E-state index contributed by atoms with van der Waals surface area (Å²) in [4.78, 5) is 71.2. The van der Waals surface area contributed by atoms with Crippen molar-refractivity contribution in [1.82, 2.24) is 40.4 Å². The molecule has 4 amide bonds. The molecule has 0 spiro atoms. The number of H-pyrrole nitrogens is 2. The number of benzene rings is 3. The van der Waals surface area contributed by atoms with Gasteiger partial charge in [-0.05, 0) is 59.4 Å². The van der Waals surface area contributed by atoms with Crippen LogP contribution in [0.25, 0.3) is 33.6 Å². The minimum atomic E-state index is -3.80. The second-order valence-corrected chi connectivity index (χ2v) is 18.1. The summed E-state index contributed by atoms with van der Waals surface area (Å²) < 4.78 is 35.9. The third-order valence-corrected chi connectivity index (χ3v) is 13.1. The van der Waals surface area contributed by atoms with Gasteiger partial charge in [-0.3, -0.25) is 9.59 Å². The Morgan fingerprint density at radius 1 is 0.694 bits per heavy atom. The summed E-state index contributed by atoms with van der Waals surface area (Å²) in [5.41, 5.74) is 6.02. The number of sulfone groups is 1. The molecule has 4 atom stereocenters. The van der Waals surface area contributed by atoms with E-state index in [4.69, 9.17) is 9.47 Å². The van der Waals surface area contributed by atoms with Gasteiger partial charge in [0.25, 0.3) is 0 Å². The number of rotatable bonds is 14. The first kappa shape index (κ1) is 43.6. The van der Waals surface area contributed by atoms with Crippen molar-refractivity contribution in [3.8, 4) is 33.6 Å². The van der Waals surface area contributed by atoms with Crippen molar-refractivity contribution in [3.05, 3.63) is 108 Å². The van der Waals surface area contributed by atoms with Crippen molar-refractivity contribution >= 4 is 33.8 Å². The van der Waals surface area contributed by atoms with E-state index in [1.54, 1.807) is 52.5 Å². The van der Waals surface area contributed by atoms with E-state index in [9.17, 15) is 27.6 Å². The molecule has 0 bridgehead atoms. The number of ether oxygens (including phenoxy) is 2. The Balaban J connectivity index is 0.999. The lowest BCUT2D eigenvalue weighted by molar-refractivity contribution is -0.135. The fourth-order valence-electron chi connectivity index (χ4n) is 8.21. The summed E-state index contributed by atoms with van der Waals surface area (Å²) in [7, 11) is -1.36. The molecule has 0 radical (unpaired) electrons. The topological polar surface area (TPSA) is 209 Å². The van der Waals surface area contributed by atoms with Gasteiger partial charge in [-0.25, -0.2) is 28.0 Å². The molecule has 3 aromatic carbocycles. The molecular weight excluding hydrogens is 813 g/mol. The number of aromatic nitrogens is 4. The maximum Gasteiger partial charge on any atom is 0.407 e. The average Bonchev–Trinajstić information content (AvgIpc) is 4.12. The first-order chi connectivity index (χ1) is 29.8. The van der Waals surface area contributed by atoms with E-state index in [-0.39, 0.29) is 23.6 Å². The normalized spacial score (nSPS) is 17.4. The summed E-state index contributed by atoms with van der Waals surface area (Å²) in [6.45, 7) is 4.73. The number of carbonyl (C=O) groups is 4. The first-order valence-corrected chi connectivity index (χ1v) is 22.5. The lowest BCUT2D eigenvalue weighted by Gasteiger charge is -2.30. The van der Waals surface area contributed by atoms with Crippen molar-refractivity contribution in [1.29, 1.82) is 0 Å². The number of amides is 4. The molecule has 0 aliphatic carbocycles. The van der Waals surface area contributed by atoms with Crippen LogP contribution in [0.2, 0.25) is 0 Å². The number of alkyl carbamates (subject to hydrolysis) is 2. The zero-order chi connectivity index (χ0) is 44.0. The van der Waals surface area contributed by atoms with E-state index in [2.05, 4.69) is 30.6 Å². The second kappa shape index (κ2) is 19.1. The molecule has 326 valence electrons. The molecule has 2 aliphatic heterocycles.